The predicted octanol–water partition coefficient (Wildman–Crippen LogP) is 1.93. The van der Waals surface area contributed by atoms with Crippen molar-refractivity contribution in [3.63, 3.8) is 0 Å². The van der Waals surface area contributed by atoms with Crippen LogP contribution in [0, 0.1) is 0 Å². The van der Waals surface area contributed by atoms with Crippen molar-refractivity contribution in [1.29, 1.82) is 0 Å². The maximum absolute atomic E-state index is 11.6. The molecule has 7 heteroatoms. The van der Waals surface area contributed by atoms with Gasteiger partial charge in [-0.2, -0.15) is 0 Å². The molecule has 2 N–H and O–H groups in total. The summed E-state index contributed by atoms with van der Waals surface area (Å²) in [4.78, 5) is 1.00. The average Bonchev–Trinajstić information content (AvgIpc) is 2.68. The summed E-state index contributed by atoms with van der Waals surface area (Å²) in [7, 11) is -3.17. The first kappa shape index (κ1) is 15.1. The van der Waals surface area contributed by atoms with Gasteiger partial charge in [-0.1, -0.05) is 6.92 Å². The Morgan fingerprint density at radius 1 is 1.35 bits per heavy atom. The van der Waals surface area contributed by atoms with Crippen LogP contribution in [0.25, 0.3) is 0 Å². The minimum absolute atomic E-state index is 0.125. The second kappa shape index (κ2) is 7.48. The van der Waals surface area contributed by atoms with Crippen molar-refractivity contribution in [2.75, 3.05) is 18.8 Å². The molecule has 0 unspecified atom stereocenters. The Kier molecular flexibility index (Phi) is 6.65. The van der Waals surface area contributed by atoms with Gasteiger partial charge >= 0.3 is 0 Å². The molecule has 98 valence electrons. The molecule has 1 heterocycles. The van der Waals surface area contributed by atoms with Crippen LogP contribution < -0.4 is 10.0 Å². The van der Waals surface area contributed by atoms with Crippen molar-refractivity contribution in [3.8, 4) is 0 Å². The van der Waals surface area contributed by atoms with Crippen LogP contribution in [-0.4, -0.2) is 27.3 Å². The number of thiophene rings is 1. The van der Waals surface area contributed by atoms with Crippen molar-refractivity contribution in [1.82, 2.24) is 10.0 Å². The second-order valence-corrected chi connectivity index (χ2v) is 8.07. The lowest BCUT2D eigenvalue weighted by molar-refractivity contribution is 0.576. The van der Waals surface area contributed by atoms with Crippen LogP contribution in [0.3, 0.4) is 0 Å². The second-order valence-electron chi connectivity index (χ2n) is 3.60. The molecule has 0 amide bonds. The highest BCUT2D eigenvalue weighted by atomic mass is 79.9. The van der Waals surface area contributed by atoms with Crippen LogP contribution in [-0.2, 0) is 16.6 Å². The third-order valence-electron chi connectivity index (χ3n) is 2.07. The molecule has 1 aromatic heterocycles. The summed E-state index contributed by atoms with van der Waals surface area (Å²) in [5.74, 6) is 0.125. The highest BCUT2D eigenvalue weighted by Gasteiger charge is 2.09. The van der Waals surface area contributed by atoms with Crippen LogP contribution in [0.2, 0.25) is 0 Å². The van der Waals surface area contributed by atoms with Crippen LogP contribution in [0.15, 0.2) is 15.9 Å². The lowest BCUT2D eigenvalue weighted by atomic mass is 10.5. The molecule has 0 saturated carbocycles. The molecular weight excluding hydrogens is 324 g/mol. The highest BCUT2D eigenvalue weighted by molar-refractivity contribution is 9.11. The SMILES string of the molecule is CCCNCCS(=O)(=O)NCc1ccc(Br)s1. The van der Waals surface area contributed by atoms with Crippen molar-refractivity contribution in [2.45, 2.75) is 19.9 Å². The summed E-state index contributed by atoms with van der Waals surface area (Å²) in [6.45, 7) is 3.77. The first-order valence-electron chi connectivity index (χ1n) is 5.46. The van der Waals surface area contributed by atoms with Gasteiger partial charge in [-0.3, -0.25) is 0 Å². The van der Waals surface area contributed by atoms with E-state index in [1.807, 2.05) is 12.1 Å². The minimum atomic E-state index is -3.17. The molecule has 0 aliphatic rings. The number of halogens is 1. The van der Waals surface area contributed by atoms with Crippen LogP contribution in [0.4, 0.5) is 0 Å². The number of nitrogens with one attached hydrogen (secondary N) is 2. The number of hydrogen-bond donors (Lipinski definition) is 2. The standard InChI is InChI=1S/C10H17BrN2O2S2/c1-2-5-12-6-7-17(14,15)13-8-9-3-4-10(11)16-9/h3-4,12-13H,2,5-8H2,1H3. The zero-order valence-electron chi connectivity index (χ0n) is 9.70. The Morgan fingerprint density at radius 3 is 2.71 bits per heavy atom. The largest absolute Gasteiger partial charge is 0.316 e. The molecule has 0 fully saturated rings. The normalized spacial score (nSPS) is 11.9. The molecule has 0 bridgehead atoms. The van der Waals surface area contributed by atoms with E-state index in [9.17, 15) is 8.42 Å². The quantitative estimate of drug-likeness (QED) is 0.711. The zero-order valence-corrected chi connectivity index (χ0v) is 12.9. The summed E-state index contributed by atoms with van der Waals surface area (Å²) in [5, 5.41) is 3.07. The van der Waals surface area contributed by atoms with E-state index < -0.39 is 10.0 Å². The molecular formula is C10H17BrN2O2S2. The molecule has 1 rings (SSSR count). The predicted molar refractivity (Wildman–Crippen MR) is 75.8 cm³/mol. The molecule has 1 aromatic rings. The molecule has 0 spiro atoms. The topological polar surface area (TPSA) is 58.2 Å². The Bertz CT molecular complexity index is 431. The Morgan fingerprint density at radius 2 is 2.12 bits per heavy atom. The molecule has 0 saturated heterocycles. The maximum Gasteiger partial charge on any atom is 0.213 e. The third-order valence-corrected chi connectivity index (χ3v) is 5.02. The van der Waals surface area contributed by atoms with Crippen molar-refractivity contribution < 1.29 is 8.42 Å². The van der Waals surface area contributed by atoms with Crippen molar-refractivity contribution in [3.05, 3.63) is 20.8 Å². The molecule has 0 atom stereocenters. The Labute approximate surface area is 115 Å². The smallest absolute Gasteiger partial charge is 0.213 e. The van der Waals surface area contributed by atoms with Crippen molar-refractivity contribution >= 4 is 37.3 Å². The summed E-state index contributed by atoms with van der Waals surface area (Å²) < 4.78 is 26.8. The Hall–Kier alpha value is 0.0500. The summed E-state index contributed by atoms with van der Waals surface area (Å²) >= 11 is 4.88. The fraction of sp³-hybridized carbons (Fsp3) is 0.600. The Balaban J connectivity index is 2.29. The third kappa shape index (κ3) is 6.52. The monoisotopic (exact) mass is 340 g/mol. The summed E-state index contributed by atoms with van der Waals surface area (Å²) in [6, 6.07) is 3.82. The molecule has 0 radical (unpaired) electrons. The van der Waals surface area contributed by atoms with Gasteiger partial charge in [0.2, 0.25) is 10.0 Å². The van der Waals surface area contributed by atoms with Gasteiger partial charge in [-0.25, -0.2) is 13.1 Å². The average molecular weight is 341 g/mol. The van der Waals surface area contributed by atoms with E-state index in [0.717, 1.165) is 21.6 Å². The first-order chi connectivity index (χ1) is 8.03. The van der Waals surface area contributed by atoms with E-state index in [-0.39, 0.29) is 5.75 Å². The van der Waals surface area contributed by atoms with Gasteiger partial charge in [0.1, 0.15) is 0 Å². The summed E-state index contributed by atoms with van der Waals surface area (Å²) in [5.41, 5.74) is 0. The molecule has 4 nitrogen and oxygen atoms in total. The van der Waals surface area contributed by atoms with E-state index >= 15 is 0 Å². The van der Waals surface area contributed by atoms with E-state index in [1.54, 1.807) is 0 Å². The zero-order chi connectivity index (χ0) is 12.7. The molecule has 17 heavy (non-hydrogen) atoms. The van der Waals surface area contributed by atoms with Gasteiger partial charge in [-0.15, -0.1) is 11.3 Å². The molecule has 0 aliphatic heterocycles. The van der Waals surface area contributed by atoms with Gasteiger partial charge in [0.25, 0.3) is 0 Å². The number of sulfonamides is 1. The molecule has 0 aliphatic carbocycles. The van der Waals surface area contributed by atoms with Crippen LogP contribution in [0.1, 0.15) is 18.2 Å². The summed E-state index contributed by atoms with van der Waals surface area (Å²) in [6.07, 6.45) is 1.01. The van der Waals surface area contributed by atoms with E-state index in [1.165, 1.54) is 11.3 Å². The fourth-order valence-corrected chi connectivity index (χ4v) is 3.66. The van der Waals surface area contributed by atoms with Gasteiger partial charge in [0, 0.05) is 18.0 Å². The van der Waals surface area contributed by atoms with E-state index in [0.29, 0.717) is 13.1 Å². The van der Waals surface area contributed by atoms with Crippen LogP contribution >= 0.6 is 27.3 Å². The first-order valence-corrected chi connectivity index (χ1v) is 8.72. The maximum atomic E-state index is 11.6. The lowest BCUT2D eigenvalue weighted by Gasteiger charge is -2.06. The number of rotatable bonds is 8. The van der Waals surface area contributed by atoms with Crippen molar-refractivity contribution in [2.24, 2.45) is 0 Å². The number of hydrogen-bond acceptors (Lipinski definition) is 4. The van der Waals surface area contributed by atoms with E-state index in [2.05, 4.69) is 32.9 Å². The lowest BCUT2D eigenvalue weighted by Crippen LogP contribution is -2.31. The van der Waals surface area contributed by atoms with Crippen LogP contribution in [0.5, 0.6) is 0 Å². The van der Waals surface area contributed by atoms with Gasteiger partial charge in [-0.05, 0) is 41.0 Å². The highest BCUT2D eigenvalue weighted by Crippen LogP contribution is 2.21. The minimum Gasteiger partial charge on any atom is -0.316 e. The van der Waals surface area contributed by atoms with Gasteiger partial charge in [0.15, 0.2) is 0 Å². The molecule has 0 aromatic carbocycles. The van der Waals surface area contributed by atoms with E-state index in [4.69, 9.17) is 0 Å². The van der Waals surface area contributed by atoms with Gasteiger partial charge in [0.05, 0.1) is 9.54 Å². The fourth-order valence-electron chi connectivity index (χ4n) is 1.21. The van der Waals surface area contributed by atoms with Gasteiger partial charge < -0.3 is 5.32 Å².